The maximum atomic E-state index is 12.4. The van der Waals surface area contributed by atoms with Crippen LogP contribution in [0.25, 0.3) is 0 Å². The van der Waals surface area contributed by atoms with E-state index in [2.05, 4.69) is 19.2 Å². The average Bonchev–Trinajstić information content (AvgIpc) is 2.22. The summed E-state index contributed by atoms with van der Waals surface area (Å²) in [6.45, 7) is 9.70. The van der Waals surface area contributed by atoms with Crippen LogP contribution in [0.1, 0.15) is 60.3 Å². The van der Waals surface area contributed by atoms with E-state index < -0.39 is 11.5 Å². The Morgan fingerprint density at radius 1 is 1.35 bits per heavy atom. The third-order valence-electron chi connectivity index (χ3n) is 3.88. The van der Waals surface area contributed by atoms with E-state index >= 15 is 0 Å². The summed E-state index contributed by atoms with van der Waals surface area (Å²) in [5, 5.41) is 12.0. The molecule has 1 unspecified atom stereocenters. The zero-order chi connectivity index (χ0) is 15.6. The van der Waals surface area contributed by atoms with Crippen LogP contribution < -0.4 is 5.32 Å². The van der Waals surface area contributed by atoms with Gasteiger partial charge in [0, 0.05) is 11.6 Å². The van der Waals surface area contributed by atoms with Crippen molar-refractivity contribution in [2.45, 2.75) is 71.9 Å². The number of carboxylic acid groups (broad SMARTS) is 1. The quantitative estimate of drug-likeness (QED) is 0.837. The van der Waals surface area contributed by atoms with Gasteiger partial charge >= 0.3 is 12.0 Å². The van der Waals surface area contributed by atoms with Crippen LogP contribution >= 0.6 is 0 Å². The molecule has 2 amide bonds. The molecule has 1 aliphatic carbocycles. The molecular weight excluding hydrogens is 256 g/mol. The van der Waals surface area contributed by atoms with Gasteiger partial charge in [-0.05, 0) is 45.4 Å². The first-order valence-electron chi connectivity index (χ1n) is 7.31. The molecule has 0 spiro atoms. The molecule has 0 saturated heterocycles. The van der Waals surface area contributed by atoms with Gasteiger partial charge < -0.3 is 15.3 Å². The SMILES string of the molecule is CC1(C)CCCC(NC(=O)N(CC(=O)O)C(C)(C)C)C1. The lowest BCUT2D eigenvalue weighted by molar-refractivity contribution is -0.138. The number of nitrogens with zero attached hydrogens (tertiary/aromatic N) is 1. The molecule has 1 aliphatic rings. The summed E-state index contributed by atoms with van der Waals surface area (Å²) >= 11 is 0. The van der Waals surface area contributed by atoms with Crippen LogP contribution in [0.5, 0.6) is 0 Å². The molecule has 20 heavy (non-hydrogen) atoms. The summed E-state index contributed by atoms with van der Waals surface area (Å²) in [5.41, 5.74) is -0.262. The molecule has 5 heteroatoms. The number of hydrogen-bond donors (Lipinski definition) is 2. The van der Waals surface area contributed by atoms with Gasteiger partial charge in [-0.3, -0.25) is 4.79 Å². The van der Waals surface area contributed by atoms with Crippen molar-refractivity contribution in [3.63, 3.8) is 0 Å². The molecule has 1 fully saturated rings. The largest absolute Gasteiger partial charge is 0.480 e. The fourth-order valence-electron chi connectivity index (χ4n) is 2.82. The second kappa shape index (κ2) is 6.02. The summed E-state index contributed by atoms with van der Waals surface area (Å²) in [6.07, 6.45) is 4.20. The third-order valence-corrected chi connectivity index (χ3v) is 3.88. The Hall–Kier alpha value is -1.26. The highest BCUT2D eigenvalue weighted by Crippen LogP contribution is 2.35. The van der Waals surface area contributed by atoms with Gasteiger partial charge in [0.05, 0.1) is 0 Å². The minimum absolute atomic E-state index is 0.143. The van der Waals surface area contributed by atoms with Crippen LogP contribution in [0.15, 0.2) is 0 Å². The van der Waals surface area contributed by atoms with Crippen LogP contribution in [0.4, 0.5) is 4.79 Å². The number of rotatable bonds is 3. The number of carbonyl (C=O) groups excluding carboxylic acids is 1. The molecule has 0 aromatic rings. The first kappa shape index (κ1) is 16.8. The Labute approximate surface area is 121 Å². The first-order valence-corrected chi connectivity index (χ1v) is 7.31. The highest BCUT2D eigenvalue weighted by atomic mass is 16.4. The van der Waals surface area contributed by atoms with Crippen LogP contribution in [0.3, 0.4) is 0 Å². The van der Waals surface area contributed by atoms with Crippen molar-refractivity contribution in [1.29, 1.82) is 0 Å². The maximum Gasteiger partial charge on any atom is 0.323 e. The van der Waals surface area contributed by atoms with Crippen molar-refractivity contribution in [2.75, 3.05) is 6.54 Å². The lowest BCUT2D eigenvalue weighted by atomic mass is 9.75. The normalized spacial score (nSPS) is 22.1. The monoisotopic (exact) mass is 284 g/mol. The number of urea groups is 1. The fourth-order valence-corrected chi connectivity index (χ4v) is 2.82. The average molecular weight is 284 g/mol. The van der Waals surface area contributed by atoms with E-state index in [0.29, 0.717) is 0 Å². The zero-order valence-corrected chi connectivity index (χ0v) is 13.3. The summed E-state index contributed by atoms with van der Waals surface area (Å²) in [7, 11) is 0. The van der Waals surface area contributed by atoms with E-state index in [9.17, 15) is 9.59 Å². The molecule has 0 bridgehead atoms. The number of amides is 2. The smallest absolute Gasteiger partial charge is 0.323 e. The Morgan fingerprint density at radius 2 is 1.95 bits per heavy atom. The van der Waals surface area contributed by atoms with Crippen molar-refractivity contribution in [1.82, 2.24) is 10.2 Å². The van der Waals surface area contributed by atoms with Gasteiger partial charge in [-0.15, -0.1) is 0 Å². The topological polar surface area (TPSA) is 69.6 Å². The molecule has 116 valence electrons. The lowest BCUT2D eigenvalue weighted by Crippen LogP contribution is -2.55. The third kappa shape index (κ3) is 5.02. The van der Waals surface area contributed by atoms with Crippen LogP contribution in [-0.4, -0.2) is 40.1 Å². The molecule has 5 nitrogen and oxygen atoms in total. The van der Waals surface area contributed by atoms with Crippen LogP contribution in [0.2, 0.25) is 0 Å². The molecule has 0 radical (unpaired) electrons. The molecule has 0 aromatic carbocycles. The number of hydrogen-bond acceptors (Lipinski definition) is 2. The maximum absolute atomic E-state index is 12.4. The summed E-state index contributed by atoms with van der Waals surface area (Å²) in [6, 6.07) is -0.132. The molecule has 1 rings (SSSR count). The summed E-state index contributed by atoms with van der Waals surface area (Å²) in [5.74, 6) is -0.987. The van der Waals surface area contributed by atoms with Crippen LogP contribution in [-0.2, 0) is 4.79 Å². The van der Waals surface area contributed by atoms with Crippen molar-refractivity contribution >= 4 is 12.0 Å². The Morgan fingerprint density at radius 3 is 2.40 bits per heavy atom. The Bertz CT molecular complexity index is 372. The first-order chi connectivity index (χ1) is 9.01. The molecule has 0 aliphatic heterocycles. The predicted octanol–water partition coefficient (Wildman–Crippen LogP) is 2.85. The number of carbonyl (C=O) groups is 2. The van der Waals surface area contributed by atoms with Crippen molar-refractivity contribution < 1.29 is 14.7 Å². The molecule has 0 heterocycles. The van der Waals surface area contributed by atoms with Gasteiger partial charge in [-0.2, -0.15) is 0 Å². The van der Waals surface area contributed by atoms with Gasteiger partial charge in [0.15, 0.2) is 0 Å². The van der Waals surface area contributed by atoms with Crippen molar-refractivity contribution in [3.05, 3.63) is 0 Å². The van der Waals surface area contributed by atoms with Gasteiger partial charge in [0.2, 0.25) is 0 Å². The minimum Gasteiger partial charge on any atom is -0.480 e. The van der Waals surface area contributed by atoms with E-state index in [-0.39, 0.29) is 24.0 Å². The highest BCUT2D eigenvalue weighted by molar-refractivity contribution is 5.81. The van der Waals surface area contributed by atoms with E-state index in [0.717, 1.165) is 19.3 Å². The van der Waals surface area contributed by atoms with E-state index in [1.165, 1.54) is 11.3 Å². The second-order valence-electron chi connectivity index (χ2n) is 7.56. The van der Waals surface area contributed by atoms with Crippen LogP contribution in [0, 0.1) is 5.41 Å². The number of carboxylic acids is 1. The van der Waals surface area contributed by atoms with Gasteiger partial charge in [-0.1, -0.05) is 20.3 Å². The van der Waals surface area contributed by atoms with Gasteiger partial charge in [0.25, 0.3) is 0 Å². The Balaban J connectivity index is 2.69. The van der Waals surface area contributed by atoms with Crippen molar-refractivity contribution in [3.8, 4) is 0 Å². The summed E-state index contributed by atoms with van der Waals surface area (Å²) in [4.78, 5) is 24.7. The van der Waals surface area contributed by atoms with E-state index in [1.807, 2.05) is 20.8 Å². The molecule has 1 saturated carbocycles. The second-order valence-corrected chi connectivity index (χ2v) is 7.56. The lowest BCUT2D eigenvalue weighted by Gasteiger charge is -2.39. The minimum atomic E-state index is -0.987. The van der Waals surface area contributed by atoms with Gasteiger partial charge in [0.1, 0.15) is 6.54 Å². The van der Waals surface area contributed by atoms with Gasteiger partial charge in [-0.25, -0.2) is 4.79 Å². The molecule has 2 N–H and O–H groups in total. The Kier molecular flexibility index (Phi) is 5.05. The van der Waals surface area contributed by atoms with Crippen molar-refractivity contribution in [2.24, 2.45) is 5.41 Å². The van der Waals surface area contributed by atoms with E-state index in [1.54, 1.807) is 0 Å². The zero-order valence-electron chi connectivity index (χ0n) is 13.3. The standard InChI is InChI=1S/C15H28N2O3/c1-14(2,3)17(10-12(18)19)13(20)16-11-7-6-8-15(4,5)9-11/h11H,6-10H2,1-5H3,(H,16,20)(H,18,19). The van der Waals surface area contributed by atoms with E-state index in [4.69, 9.17) is 5.11 Å². The fraction of sp³-hybridized carbons (Fsp3) is 0.867. The predicted molar refractivity (Wildman–Crippen MR) is 78.7 cm³/mol. The molecular formula is C15H28N2O3. The number of aliphatic carboxylic acids is 1. The number of nitrogens with one attached hydrogen (secondary N) is 1. The summed E-state index contributed by atoms with van der Waals surface area (Å²) < 4.78 is 0. The molecule has 0 aromatic heterocycles. The molecule has 1 atom stereocenters. The highest BCUT2D eigenvalue weighted by Gasteiger charge is 2.33.